The quantitative estimate of drug-likeness (QED) is 0.516. The number of hydrogen-bond acceptors (Lipinski definition) is 2. The first-order valence-corrected chi connectivity index (χ1v) is 8.92. The van der Waals surface area contributed by atoms with Gasteiger partial charge in [-0.15, -0.1) is 0 Å². The van der Waals surface area contributed by atoms with Gasteiger partial charge in [0.05, 0.1) is 17.1 Å². The Labute approximate surface area is 149 Å². The number of benzene rings is 2. The van der Waals surface area contributed by atoms with Crippen LogP contribution in [0.15, 0.2) is 60.9 Å². The predicted octanol–water partition coefficient (Wildman–Crippen LogP) is 5.83. The highest BCUT2D eigenvalue weighted by molar-refractivity contribution is 5.92. The molecule has 0 atom stereocenters. The van der Waals surface area contributed by atoms with Crippen molar-refractivity contribution in [3.8, 4) is 0 Å². The van der Waals surface area contributed by atoms with Gasteiger partial charge in [0.2, 0.25) is 0 Å². The molecule has 2 aliphatic rings. The fraction of sp³-hybridized carbons (Fsp3) is 0.261. The molecule has 3 heterocycles. The molecular weight excluding hydrogens is 304 g/mol. The molecule has 2 nitrogen and oxygen atoms in total. The predicted molar refractivity (Wildman–Crippen MR) is 103 cm³/mol. The summed E-state index contributed by atoms with van der Waals surface area (Å²) in [5.74, 6) is 0. The van der Waals surface area contributed by atoms with Crippen LogP contribution >= 0.6 is 0 Å². The molecule has 3 aromatic rings. The van der Waals surface area contributed by atoms with E-state index in [9.17, 15) is 0 Å². The summed E-state index contributed by atoms with van der Waals surface area (Å²) in [6.45, 7) is 9.31. The van der Waals surface area contributed by atoms with Gasteiger partial charge in [-0.05, 0) is 28.8 Å². The molecule has 0 spiro atoms. The lowest BCUT2D eigenvalue weighted by Crippen LogP contribution is -2.38. The van der Waals surface area contributed by atoms with E-state index in [2.05, 4.69) is 86.1 Å². The third-order valence-electron chi connectivity index (χ3n) is 6.14. The SMILES string of the molecule is CC1(C)c2ccccc2N2c3ccncc3C(C)(C)c3cccc1c32. The van der Waals surface area contributed by atoms with Crippen molar-refractivity contribution in [3.05, 3.63) is 83.2 Å². The molecule has 0 saturated heterocycles. The van der Waals surface area contributed by atoms with Crippen LogP contribution in [0.5, 0.6) is 0 Å². The van der Waals surface area contributed by atoms with Crippen LogP contribution in [0.1, 0.15) is 49.9 Å². The number of para-hydroxylation sites is 2. The maximum atomic E-state index is 4.43. The van der Waals surface area contributed by atoms with Crippen molar-refractivity contribution in [3.63, 3.8) is 0 Å². The first-order valence-electron chi connectivity index (χ1n) is 8.92. The molecule has 25 heavy (non-hydrogen) atoms. The van der Waals surface area contributed by atoms with E-state index in [-0.39, 0.29) is 10.8 Å². The minimum Gasteiger partial charge on any atom is -0.309 e. The number of aromatic nitrogens is 1. The third-order valence-corrected chi connectivity index (χ3v) is 6.14. The van der Waals surface area contributed by atoms with E-state index < -0.39 is 0 Å². The zero-order valence-electron chi connectivity index (χ0n) is 15.2. The fourth-order valence-electron chi connectivity index (χ4n) is 4.71. The van der Waals surface area contributed by atoms with E-state index >= 15 is 0 Å². The number of rotatable bonds is 0. The van der Waals surface area contributed by atoms with Crippen molar-refractivity contribution in [2.45, 2.75) is 38.5 Å². The largest absolute Gasteiger partial charge is 0.309 e. The molecule has 5 rings (SSSR count). The Balaban J connectivity index is 1.97. The highest BCUT2D eigenvalue weighted by Crippen LogP contribution is 2.59. The van der Waals surface area contributed by atoms with Crippen molar-refractivity contribution in [1.29, 1.82) is 0 Å². The van der Waals surface area contributed by atoms with Crippen LogP contribution in [0.2, 0.25) is 0 Å². The number of anilines is 3. The Morgan fingerprint density at radius 2 is 1.28 bits per heavy atom. The molecule has 0 fully saturated rings. The van der Waals surface area contributed by atoms with Gasteiger partial charge in [0.1, 0.15) is 0 Å². The van der Waals surface area contributed by atoms with Crippen molar-refractivity contribution in [2.75, 3.05) is 4.90 Å². The van der Waals surface area contributed by atoms with E-state index in [1.54, 1.807) is 0 Å². The molecule has 1 aromatic heterocycles. The van der Waals surface area contributed by atoms with Crippen LogP contribution in [-0.4, -0.2) is 4.98 Å². The molecule has 0 bridgehead atoms. The van der Waals surface area contributed by atoms with Gasteiger partial charge in [0.25, 0.3) is 0 Å². The van der Waals surface area contributed by atoms with Crippen LogP contribution < -0.4 is 4.90 Å². The van der Waals surface area contributed by atoms with Gasteiger partial charge >= 0.3 is 0 Å². The third kappa shape index (κ3) is 1.67. The van der Waals surface area contributed by atoms with Crippen molar-refractivity contribution >= 4 is 17.1 Å². The topological polar surface area (TPSA) is 16.1 Å². The second-order valence-corrected chi connectivity index (χ2v) is 8.20. The van der Waals surface area contributed by atoms with Crippen LogP contribution in [-0.2, 0) is 10.8 Å². The van der Waals surface area contributed by atoms with Crippen molar-refractivity contribution in [1.82, 2.24) is 4.98 Å². The maximum absolute atomic E-state index is 4.43. The molecule has 0 N–H and O–H groups in total. The molecule has 2 aromatic carbocycles. The van der Waals surface area contributed by atoms with Crippen LogP contribution in [0.3, 0.4) is 0 Å². The molecule has 0 unspecified atom stereocenters. The summed E-state index contributed by atoms with van der Waals surface area (Å²) in [5, 5.41) is 0. The van der Waals surface area contributed by atoms with Gasteiger partial charge in [0, 0.05) is 28.8 Å². The minimum atomic E-state index is -0.0617. The van der Waals surface area contributed by atoms with Gasteiger partial charge in [-0.1, -0.05) is 64.1 Å². The van der Waals surface area contributed by atoms with Gasteiger partial charge in [-0.25, -0.2) is 0 Å². The molecule has 0 amide bonds. The van der Waals surface area contributed by atoms with Crippen LogP contribution in [0.4, 0.5) is 17.1 Å². The Morgan fingerprint density at radius 1 is 0.680 bits per heavy atom. The summed E-state index contributed by atoms with van der Waals surface area (Å²) >= 11 is 0. The Bertz CT molecular complexity index is 936. The second kappa shape index (κ2) is 4.51. The number of hydrogen-bond donors (Lipinski definition) is 0. The zero-order chi connectivity index (χ0) is 17.4. The molecule has 0 radical (unpaired) electrons. The monoisotopic (exact) mass is 326 g/mol. The standard InChI is InChI=1S/C23H22N2/c1-22(2)15-8-5-6-11-19(15)25-20-12-13-24-14-18(20)23(3,4)17-10-7-9-16(22)21(17)25/h5-14H,1-4H3. The average molecular weight is 326 g/mol. The van der Waals surface area contributed by atoms with E-state index in [4.69, 9.17) is 0 Å². The number of pyridine rings is 1. The first-order chi connectivity index (χ1) is 11.9. The van der Waals surface area contributed by atoms with E-state index in [1.807, 2.05) is 12.4 Å². The second-order valence-electron chi connectivity index (χ2n) is 8.20. The Kier molecular flexibility index (Phi) is 2.66. The number of fused-ring (bicyclic) bond motifs is 4. The summed E-state index contributed by atoms with van der Waals surface area (Å²) in [4.78, 5) is 6.89. The van der Waals surface area contributed by atoms with Gasteiger partial charge in [0.15, 0.2) is 0 Å². The molecule has 124 valence electrons. The molecule has 2 aliphatic heterocycles. The first kappa shape index (κ1) is 14.7. The highest BCUT2D eigenvalue weighted by Gasteiger charge is 2.44. The van der Waals surface area contributed by atoms with Gasteiger partial charge in [-0.2, -0.15) is 0 Å². The van der Waals surface area contributed by atoms with Gasteiger partial charge < -0.3 is 4.90 Å². The summed E-state index contributed by atoms with van der Waals surface area (Å²) in [6, 6.07) is 17.8. The molecule has 2 heteroatoms. The fourth-order valence-corrected chi connectivity index (χ4v) is 4.71. The Morgan fingerprint density at radius 3 is 2.04 bits per heavy atom. The van der Waals surface area contributed by atoms with E-state index in [1.165, 1.54) is 39.3 Å². The van der Waals surface area contributed by atoms with E-state index in [0.29, 0.717) is 0 Å². The lowest BCUT2D eigenvalue weighted by molar-refractivity contribution is 0.595. The minimum absolute atomic E-state index is 0.0148. The molecule has 0 saturated carbocycles. The lowest BCUT2D eigenvalue weighted by atomic mass is 9.67. The average Bonchev–Trinajstić information content (AvgIpc) is 2.61. The Hall–Kier alpha value is -2.61. The summed E-state index contributed by atoms with van der Waals surface area (Å²) < 4.78 is 0. The summed E-state index contributed by atoms with van der Waals surface area (Å²) in [6.07, 6.45) is 3.94. The van der Waals surface area contributed by atoms with Gasteiger partial charge in [-0.3, -0.25) is 4.98 Å². The van der Waals surface area contributed by atoms with Crippen molar-refractivity contribution < 1.29 is 0 Å². The summed E-state index contributed by atoms with van der Waals surface area (Å²) in [7, 11) is 0. The van der Waals surface area contributed by atoms with E-state index in [0.717, 1.165) is 0 Å². The smallest absolute Gasteiger partial charge is 0.0543 e. The van der Waals surface area contributed by atoms with Crippen molar-refractivity contribution in [2.24, 2.45) is 0 Å². The molecular formula is C23H22N2. The summed E-state index contributed by atoms with van der Waals surface area (Å²) in [5.41, 5.74) is 9.27. The zero-order valence-corrected chi connectivity index (χ0v) is 15.2. The van der Waals surface area contributed by atoms with Crippen LogP contribution in [0, 0.1) is 0 Å². The maximum Gasteiger partial charge on any atom is 0.0543 e. The molecule has 0 aliphatic carbocycles. The highest BCUT2D eigenvalue weighted by atomic mass is 15.2. The van der Waals surface area contributed by atoms with Crippen LogP contribution in [0.25, 0.3) is 0 Å². The lowest BCUT2D eigenvalue weighted by Gasteiger charge is -2.49. The normalized spacial score (nSPS) is 18.2. The number of nitrogens with zero attached hydrogens (tertiary/aromatic N) is 2.